The number of benzene rings is 2. The molecular formula is C30H32F3N5O4. The minimum Gasteiger partial charge on any atom is -0.344 e. The Balaban J connectivity index is 1.41. The van der Waals surface area contributed by atoms with Gasteiger partial charge in [0.15, 0.2) is 11.6 Å². The molecule has 1 aromatic heterocycles. The van der Waals surface area contributed by atoms with Gasteiger partial charge < -0.3 is 25.4 Å². The Hall–Kier alpha value is -4.61. The van der Waals surface area contributed by atoms with Gasteiger partial charge in [-0.25, -0.2) is 18.0 Å². The van der Waals surface area contributed by atoms with E-state index in [1.807, 2.05) is 0 Å². The molecule has 12 heteroatoms. The molecule has 0 atom stereocenters. The maximum Gasteiger partial charge on any atom is 0.321 e. The number of anilines is 2. The van der Waals surface area contributed by atoms with Crippen LogP contribution in [0.1, 0.15) is 57.4 Å². The Bertz CT molecular complexity index is 1590. The number of carbonyl (C=O) groups excluding carboxylic acids is 4. The van der Waals surface area contributed by atoms with E-state index in [1.165, 1.54) is 33.7 Å². The molecule has 3 aromatic rings. The largest absolute Gasteiger partial charge is 0.344 e. The van der Waals surface area contributed by atoms with E-state index in [9.17, 15) is 32.3 Å². The summed E-state index contributed by atoms with van der Waals surface area (Å²) in [6.07, 6.45) is 0.681. The summed E-state index contributed by atoms with van der Waals surface area (Å²) in [7, 11) is 1.59. The first-order valence-electron chi connectivity index (χ1n) is 13.3. The lowest BCUT2D eigenvalue weighted by molar-refractivity contribution is -0.119. The quantitative estimate of drug-likeness (QED) is 0.280. The fourth-order valence-corrected chi connectivity index (χ4v) is 5.09. The van der Waals surface area contributed by atoms with Crippen LogP contribution in [0, 0.1) is 38.2 Å². The second kappa shape index (κ2) is 11.7. The standard InChI is InChI=1S/C30H32F3N5O4/c1-16-14-19(6-8-21(16)31)34-27(40)24-17(2)25(37(5)18(24)3)26(39)28(41)36-30(4)10-12-38(13-11-30)29(42)35-20-7-9-22(32)23(33)15-20/h6-9,14-15H,10-13H2,1-5H3,(H,34,40)(H,35,42)(H,36,41). The van der Waals surface area contributed by atoms with Gasteiger partial charge in [0.05, 0.1) is 11.3 Å². The van der Waals surface area contributed by atoms with E-state index in [4.69, 9.17) is 0 Å². The molecule has 222 valence electrons. The molecule has 3 N–H and O–H groups in total. The molecule has 0 aliphatic carbocycles. The average molecular weight is 584 g/mol. The highest BCUT2D eigenvalue weighted by Crippen LogP contribution is 2.26. The second-order valence-electron chi connectivity index (χ2n) is 10.8. The number of nitrogens with zero attached hydrogens (tertiary/aromatic N) is 2. The Labute approximate surface area is 241 Å². The van der Waals surface area contributed by atoms with E-state index >= 15 is 0 Å². The molecule has 4 rings (SSSR count). The number of amides is 4. The number of ketones is 1. The zero-order valence-electron chi connectivity index (χ0n) is 24.0. The van der Waals surface area contributed by atoms with Crippen LogP contribution in [0.5, 0.6) is 0 Å². The highest BCUT2D eigenvalue weighted by molar-refractivity contribution is 6.43. The summed E-state index contributed by atoms with van der Waals surface area (Å²) in [6.45, 7) is 7.09. The topological polar surface area (TPSA) is 113 Å². The van der Waals surface area contributed by atoms with Crippen LogP contribution in [0.3, 0.4) is 0 Å². The van der Waals surface area contributed by atoms with Crippen LogP contribution in [0.4, 0.5) is 29.3 Å². The Kier molecular flexibility index (Phi) is 8.46. The predicted octanol–water partition coefficient (Wildman–Crippen LogP) is 5.01. The van der Waals surface area contributed by atoms with Crippen molar-refractivity contribution in [1.29, 1.82) is 0 Å². The predicted molar refractivity (Wildman–Crippen MR) is 151 cm³/mol. The van der Waals surface area contributed by atoms with Gasteiger partial charge in [-0.1, -0.05) is 0 Å². The highest BCUT2D eigenvalue weighted by Gasteiger charge is 2.36. The van der Waals surface area contributed by atoms with Gasteiger partial charge in [0.25, 0.3) is 17.6 Å². The fourth-order valence-electron chi connectivity index (χ4n) is 5.09. The van der Waals surface area contributed by atoms with Crippen molar-refractivity contribution in [3.05, 3.63) is 81.9 Å². The first kappa shape index (κ1) is 30.4. The normalized spacial score (nSPS) is 14.3. The van der Waals surface area contributed by atoms with Crippen molar-refractivity contribution in [3.63, 3.8) is 0 Å². The van der Waals surface area contributed by atoms with Gasteiger partial charge in [0, 0.05) is 48.8 Å². The summed E-state index contributed by atoms with van der Waals surface area (Å²) in [5.74, 6) is -4.65. The van der Waals surface area contributed by atoms with Crippen molar-refractivity contribution in [1.82, 2.24) is 14.8 Å². The molecule has 4 amide bonds. The van der Waals surface area contributed by atoms with Crippen LogP contribution >= 0.6 is 0 Å². The van der Waals surface area contributed by atoms with E-state index in [-0.39, 0.29) is 30.0 Å². The summed E-state index contributed by atoms with van der Waals surface area (Å²) < 4.78 is 41.8. The molecule has 1 fully saturated rings. The molecule has 0 radical (unpaired) electrons. The number of aromatic nitrogens is 1. The minimum absolute atomic E-state index is 0.0670. The van der Waals surface area contributed by atoms with E-state index in [0.29, 0.717) is 35.3 Å². The second-order valence-corrected chi connectivity index (χ2v) is 10.8. The van der Waals surface area contributed by atoms with Crippen LogP contribution in [0.2, 0.25) is 0 Å². The highest BCUT2D eigenvalue weighted by atomic mass is 19.2. The molecule has 0 unspecified atom stereocenters. The van der Waals surface area contributed by atoms with Crippen LogP contribution < -0.4 is 16.0 Å². The summed E-state index contributed by atoms with van der Waals surface area (Å²) in [5, 5.41) is 8.04. The monoisotopic (exact) mass is 583 g/mol. The lowest BCUT2D eigenvalue weighted by Gasteiger charge is -2.39. The number of carbonyl (C=O) groups is 4. The molecule has 1 aliphatic heterocycles. The number of nitrogens with one attached hydrogen (secondary N) is 3. The van der Waals surface area contributed by atoms with Crippen LogP contribution in [-0.4, -0.2) is 51.7 Å². The van der Waals surface area contributed by atoms with E-state index in [0.717, 1.165) is 12.1 Å². The van der Waals surface area contributed by atoms with Crippen molar-refractivity contribution in [2.75, 3.05) is 23.7 Å². The molecule has 1 aliphatic rings. The zero-order chi connectivity index (χ0) is 30.9. The van der Waals surface area contributed by atoms with E-state index in [1.54, 1.807) is 34.7 Å². The Morgan fingerprint density at radius 2 is 1.43 bits per heavy atom. The number of rotatable bonds is 6. The van der Waals surface area contributed by atoms with Crippen molar-refractivity contribution in [2.45, 2.75) is 46.1 Å². The lowest BCUT2D eigenvalue weighted by atomic mass is 9.89. The third kappa shape index (κ3) is 6.17. The van der Waals surface area contributed by atoms with Crippen LogP contribution in [0.15, 0.2) is 36.4 Å². The van der Waals surface area contributed by atoms with Crippen LogP contribution in [0.25, 0.3) is 0 Å². The first-order chi connectivity index (χ1) is 19.7. The number of aryl methyl sites for hydroxylation is 1. The minimum atomic E-state index is -1.08. The van der Waals surface area contributed by atoms with Gasteiger partial charge >= 0.3 is 6.03 Å². The molecule has 0 spiro atoms. The van der Waals surface area contributed by atoms with E-state index < -0.39 is 46.6 Å². The maximum atomic E-state index is 13.6. The molecule has 42 heavy (non-hydrogen) atoms. The number of piperidine rings is 1. The van der Waals surface area contributed by atoms with Crippen molar-refractivity contribution in [3.8, 4) is 0 Å². The lowest BCUT2D eigenvalue weighted by Crippen LogP contribution is -2.56. The number of likely N-dealkylation sites (tertiary alicyclic amines) is 1. The first-order valence-corrected chi connectivity index (χ1v) is 13.3. The summed E-state index contributed by atoms with van der Waals surface area (Å²) in [5.41, 5.74) is 1.20. The molecule has 9 nitrogen and oxygen atoms in total. The number of hydrogen-bond donors (Lipinski definition) is 3. The van der Waals surface area contributed by atoms with Crippen molar-refractivity contribution >= 4 is 35.0 Å². The Morgan fingerprint density at radius 3 is 2.02 bits per heavy atom. The molecule has 2 heterocycles. The zero-order valence-corrected chi connectivity index (χ0v) is 24.0. The smallest absolute Gasteiger partial charge is 0.321 e. The molecule has 1 saturated heterocycles. The van der Waals surface area contributed by atoms with Gasteiger partial charge in [-0.05, 0) is 82.0 Å². The summed E-state index contributed by atoms with van der Waals surface area (Å²) in [4.78, 5) is 53.6. The number of halogens is 3. The van der Waals surface area contributed by atoms with Gasteiger partial charge in [0.2, 0.25) is 0 Å². The van der Waals surface area contributed by atoms with Gasteiger partial charge in [-0.3, -0.25) is 14.4 Å². The summed E-state index contributed by atoms with van der Waals surface area (Å²) >= 11 is 0. The third-order valence-electron chi connectivity index (χ3n) is 7.74. The molecule has 0 saturated carbocycles. The average Bonchev–Trinajstić information content (AvgIpc) is 3.15. The SMILES string of the molecule is Cc1cc(NC(=O)c2c(C)c(C(=O)C(=O)NC3(C)CCN(C(=O)Nc4ccc(F)c(F)c4)CC3)n(C)c2C)ccc1F. The van der Waals surface area contributed by atoms with Crippen LogP contribution in [-0.2, 0) is 11.8 Å². The molecular weight excluding hydrogens is 551 g/mol. The van der Waals surface area contributed by atoms with Gasteiger partial charge in [-0.15, -0.1) is 0 Å². The molecule has 0 bridgehead atoms. The summed E-state index contributed by atoms with van der Waals surface area (Å²) in [6, 6.07) is 6.75. The van der Waals surface area contributed by atoms with E-state index in [2.05, 4.69) is 16.0 Å². The maximum absolute atomic E-state index is 13.6. The van der Waals surface area contributed by atoms with Crippen molar-refractivity contribution in [2.24, 2.45) is 7.05 Å². The number of hydrogen-bond acceptors (Lipinski definition) is 4. The number of Topliss-reactive ketones (excluding diaryl/α,β-unsaturated/α-hetero) is 1. The fraction of sp³-hybridized carbons (Fsp3) is 0.333. The third-order valence-corrected chi connectivity index (χ3v) is 7.74. The number of urea groups is 1. The molecule has 2 aromatic carbocycles. The van der Waals surface area contributed by atoms with Gasteiger partial charge in [0.1, 0.15) is 5.82 Å². The Morgan fingerprint density at radius 1 is 0.833 bits per heavy atom. The van der Waals surface area contributed by atoms with Crippen molar-refractivity contribution < 1.29 is 32.3 Å². The van der Waals surface area contributed by atoms with Gasteiger partial charge in [-0.2, -0.15) is 0 Å².